The van der Waals surface area contributed by atoms with Crippen LogP contribution in [0.25, 0.3) is 0 Å². The molecule has 2 aromatic carbocycles. The van der Waals surface area contributed by atoms with Crippen molar-refractivity contribution >= 4 is 0 Å². The zero-order valence-corrected chi connectivity index (χ0v) is 9.78. The predicted molar refractivity (Wildman–Crippen MR) is 67.6 cm³/mol. The minimum absolute atomic E-state index is 0.197. The SMILES string of the molecule is Oc1ccc2c(c1)C[C@H](O)[C@@H](c1ccccc1)O2. The first-order chi connectivity index (χ1) is 8.74. The van der Waals surface area contributed by atoms with Gasteiger partial charge in [-0.15, -0.1) is 0 Å². The lowest BCUT2D eigenvalue weighted by Gasteiger charge is -2.30. The van der Waals surface area contributed by atoms with Crippen molar-refractivity contribution in [1.82, 2.24) is 0 Å². The molecular formula is C15H14O3. The summed E-state index contributed by atoms with van der Waals surface area (Å²) in [5, 5.41) is 19.6. The first-order valence-electron chi connectivity index (χ1n) is 5.95. The second-order valence-corrected chi connectivity index (χ2v) is 4.51. The van der Waals surface area contributed by atoms with Crippen molar-refractivity contribution in [2.75, 3.05) is 0 Å². The van der Waals surface area contributed by atoms with E-state index in [1.807, 2.05) is 30.3 Å². The monoisotopic (exact) mass is 242 g/mol. The number of fused-ring (bicyclic) bond motifs is 1. The van der Waals surface area contributed by atoms with Crippen molar-refractivity contribution in [2.24, 2.45) is 0 Å². The molecule has 92 valence electrons. The zero-order chi connectivity index (χ0) is 12.5. The summed E-state index contributed by atoms with van der Waals surface area (Å²) in [4.78, 5) is 0. The highest BCUT2D eigenvalue weighted by molar-refractivity contribution is 5.42. The van der Waals surface area contributed by atoms with Crippen molar-refractivity contribution in [3.8, 4) is 11.5 Å². The Kier molecular flexibility index (Phi) is 2.68. The molecule has 0 spiro atoms. The quantitative estimate of drug-likeness (QED) is 0.807. The average molecular weight is 242 g/mol. The number of aliphatic hydroxyl groups excluding tert-OH is 1. The highest BCUT2D eigenvalue weighted by Crippen LogP contribution is 2.36. The van der Waals surface area contributed by atoms with Crippen LogP contribution < -0.4 is 4.74 Å². The number of ether oxygens (including phenoxy) is 1. The molecule has 0 aromatic heterocycles. The maximum atomic E-state index is 10.2. The fourth-order valence-electron chi connectivity index (χ4n) is 2.32. The summed E-state index contributed by atoms with van der Waals surface area (Å²) in [5.74, 6) is 0.926. The van der Waals surface area contributed by atoms with Crippen molar-refractivity contribution in [3.63, 3.8) is 0 Å². The summed E-state index contributed by atoms with van der Waals surface area (Å²) in [6.45, 7) is 0. The third-order valence-electron chi connectivity index (χ3n) is 3.20. The molecule has 3 rings (SSSR count). The fraction of sp³-hybridized carbons (Fsp3) is 0.200. The number of hydrogen-bond acceptors (Lipinski definition) is 3. The fourth-order valence-corrected chi connectivity index (χ4v) is 2.32. The molecule has 0 aliphatic carbocycles. The molecule has 18 heavy (non-hydrogen) atoms. The third kappa shape index (κ3) is 1.93. The Bertz CT molecular complexity index is 551. The number of aliphatic hydroxyl groups is 1. The molecule has 2 N–H and O–H groups in total. The Balaban J connectivity index is 1.95. The Morgan fingerprint density at radius 1 is 1.06 bits per heavy atom. The molecule has 1 heterocycles. The van der Waals surface area contributed by atoms with Crippen LogP contribution in [0, 0.1) is 0 Å². The van der Waals surface area contributed by atoms with Crippen LogP contribution in [-0.2, 0) is 6.42 Å². The van der Waals surface area contributed by atoms with Gasteiger partial charge < -0.3 is 14.9 Å². The molecule has 1 aliphatic rings. The number of hydrogen-bond donors (Lipinski definition) is 2. The van der Waals surface area contributed by atoms with E-state index in [2.05, 4.69) is 0 Å². The van der Waals surface area contributed by atoms with E-state index in [-0.39, 0.29) is 11.9 Å². The van der Waals surface area contributed by atoms with Gasteiger partial charge in [-0.1, -0.05) is 30.3 Å². The van der Waals surface area contributed by atoms with E-state index in [1.165, 1.54) is 0 Å². The third-order valence-corrected chi connectivity index (χ3v) is 3.20. The van der Waals surface area contributed by atoms with E-state index in [9.17, 15) is 10.2 Å². The predicted octanol–water partition coefficient (Wildman–Crippen LogP) is 2.43. The lowest BCUT2D eigenvalue weighted by Crippen LogP contribution is -2.30. The molecular weight excluding hydrogens is 228 g/mol. The Morgan fingerprint density at radius 3 is 2.61 bits per heavy atom. The smallest absolute Gasteiger partial charge is 0.150 e. The first kappa shape index (κ1) is 11.1. The molecule has 2 atom stereocenters. The van der Waals surface area contributed by atoms with Crippen LogP contribution in [0.1, 0.15) is 17.2 Å². The molecule has 0 saturated carbocycles. The number of rotatable bonds is 1. The highest BCUT2D eigenvalue weighted by atomic mass is 16.5. The summed E-state index contributed by atoms with van der Waals surface area (Å²) < 4.78 is 5.82. The number of aromatic hydroxyl groups is 1. The second kappa shape index (κ2) is 4.35. The molecule has 0 fully saturated rings. The minimum atomic E-state index is -0.596. The first-order valence-corrected chi connectivity index (χ1v) is 5.95. The summed E-state index contributed by atoms with van der Waals surface area (Å²) in [6, 6.07) is 14.7. The Labute approximate surface area is 105 Å². The van der Waals surface area contributed by atoms with Gasteiger partial charge in [0.25, 0.3) is 0 Å². The molecule has 3 heteroatoms. The molecule has 0 bridgehead atoms. The number of benzene rings is 2. The van der Waals surface area contributed by atoms with Crippen molar-refractivity contribution < 1.29 is 14.9 Å². The van der Waals surface area contributed by atoms with Gasteiger partial charge in [-0.25, -0.2) is 0 Å². The van der Waals surface area contributed by atoms with Gasteiger partial charge in [0.2, 0.25) is 0 Å². The Hall–Kier alpha value is -2.00. The van der Waals surface area contributed by atoms with Crippen LogP contribution in [0.15, 0.2) is 48.5 Å². The van der Waals surface area contributed by atoms with E-state index < -0.39 is 6.10 Å². The van der Waals surface area contributed by atoms with Gasteiger partial charge in [-0.05, 0) is 23.8 Å². The van der Waals surface area contributed by atoms with Crippen LogP contribution in [0.4, 0.5) is 0 Å². The maximum absolute atomic E-state index is 10.2. The lowest BCUT2D eigenvalue weighted by atomic mass is 9.95. The van der Waals surface area contributed by atoms with Crippen LogP contribution in [0.3, 0.4) is 0 Å². The van der Waals surface area contributed by atoms with Gasteiger partial charge in [0.15, 0.2) is 0 Å². The molecule has 3 nitrogen and oxygen atoms in total. The summed E-state index contributed by atoms with van der Waals surface area (Å²) in [7, 11) is 0. The largest absolute Gasteiger partial charge is 0.508 e. The molecule has 0 unspecified atom stereocenters. The number of phenols is 1. The van der Waals surface area contributed by atoms with Crippen LogP contribution in [0.5, 0.6) is 11.5 Å². The van der Waals surface area contributed by atoms with Crippen LogP contribution in [0.2, 0.25) is 0 Å². The van der Waals surface area contributed by atoms with Crippen molar-refractivity contribution in [1.29, 1.82) is 0 Å². The molecule has 0 amide bonds. The van der Waals surface area contributed by atoms with Crippen LogP contribution in [-0.4, -0.2) is 16.3 Å². The van der Waals surface area contributed by atoms with Gasteiger partial charge in [0.05, 0.1) is 6.10 Å². The molecule has 0 radical (unpaired) electrons. The Morgan fingerprint density at radius 2 is 1.83 bits per heavy atom. The van der Waals surface area contributed by atoms with Gasteiger partial charge in [-0.3, -0.25) is 0 Å². The van der Waals surface area contributed by atoms with Crippen molar-refractivity contribution in [2.45, 2.75) is 18.6 Å². The van der Waals surface area contributed by atoms with Gasteiger partial charge in [-0.2, -0.15) is 0 Å². The molecule has 0 saturated heterocycles. The van der Waals surface area contributed by atoms with E-state index in [0.717, 1.165) is 16.9 Å². The second-order valence-electron chi connectivity index (χ2n) is 4.51. The van der Waals surface area contributed by atoms with Crippen LogP contribution >= 0.6 is 0 Å². The molecule has 2 aromatic rings. The topological polar surface area (TPSA) is 49.7 Å². The van der Waals surface area contributed by atoms with E-state index >= 15 is 0 Å². The lowest BCUT2D eigenvalue weighted by molar-refractivity contribution is 0.0207. The highest BCUT2D eigenvalue weighted by Gasteiger charge is 2.29. The van der Waals surface area contributed by atoms with E-state index in [1.54, 1.807) is 18.2 Å². The van der Waals surface area contributed by atoms with Gasteiger partial charge in [0, 0.05) is 12.0 Å². The van der Waals surface area contributed by atoms with Crippen molar-refractivity contribution in [3.05, 3.63) is 59.7 Å². The average Bonchev–Trinajstić information content (AvgIpc) is 2.39. The normalized spacial score (nSPS) is 22.1. The molecule has 1 aliphatic heterocycles. The summed E-state index contributed by atoms with van der Waals surface area (Å²) in [5.41, 5.74) is 1.80. The van der Waals surface area contributed by atoms with E-state index in [0.29, 0.717) is 6.42 Å². The summed E-state index contributed by atoms with van der Waals surface area (Å²) >= 11 is 0. The zero-order valence-electron chi connectivity index (χ0n) is 9.78. The summed E-state index contributed by atoms with van der Waals surface area (Å²) in [6.07, 6.45) is -0.450. The van der Waals surface area contributed by atoms with E-state index in [4.69, 9.17) is 4.74 Å². The maximum Gasteiger partial charge on any atom is 0.150 e. The van der Waals surface area contributed by atoms with Gasteiger partial charge >= 0.3 is 0 Å². The standard InChI is InChI=1S/C15H14O3/c16-12-6-7-14-11(8-12)9-13(17)15(18-14)10-4-2-1-3-5-10/h1-8,13,15-17H,9H2/t13-,15+/m0/s1. The number of phenolic OH excluding ortho intramolecular Hbond substituents is 1. The van der Waals surface area contributed by atoms with Gasteiger partial charge in [0.1, 0.15) is 17.6 Å². The minimum Gasteiger partial charge on any atom is -0.508 e.